The zero-order chi connectivity index (χ0) is 41.5. The maximum Gasteiger partial charge on any atom is 0.332 e. The van der Waals surface area contributed by atoms with Crippen LogP contribution in [0.2, 0.25) is 5.04 Å². The molecule has 2 fully saturated rings. The Morgan fingerprint density at radius 1 is 0.949 bits per heavy atom. The average molecular weight is 837 g/mol. The molecule has 2 aliphatic rings. The van der Waals surface area contributed by atoms with Crippen molar-refractivity contribution in [2.24, 2.45) is 0 Å². The van der Waals surface area contributed by atoms with Crippen LogP contribution in [-0.4, -0.2) is 54.2 Å². The van der Waals surface area contributed by atoms with E-state index in [-0.39, 0.29) is 35.6 Å². The lowest BCUT2D eigenvalue weighted by Gasteiger charge is -2.46. The molecule has 0 unspecified atom stereocenters. The van der Waals surface area contributed by atoms with Crippen molar-refractivity contribution in [3.8, 4) is 16.5 Å². The number of ether oxygens (including phenoxy) is 2. The van der Waals surface area contributed by atoms with Crippen molar-refractivity contribution in [2.45, 2.75) is 95.7 Å². The molecule has 0 bridgehead atoms. The fourth-order valence-corrected chi connectivity index (χ4v) is 15.0. The van der Waals surface area contributed by atoms with Gasteiger partial charge in [-0.05, 0) is 78.2 Å². The van der Waals surface area contributed by atoms with Crippen molar-refractivity contribution in [3.63, 3.8) is 0 Å². The molecule has 14 heteroatoms. The van der Waals surface area contributed by atoms with E-state index in [9.17, 15) is 14.4 Å². The molecule has 3 aromatic carbocycles. The van der Waals surface area contributed by atoms with Crippen LogP contribution in [0.3, 0.4) is 0 Å². The van der Waals surface area contributed by atoms with Gasteiger partial charge in [0, 0.05) is 18.2 Å². The first-order chi connectivity index (χ1) is 28.4. The first-order valence-corrected chi connectivity index (χ1v) is 22.9. The zero-order valence-electron chi connectivity index (χ0n) is 33.9. The molecule has 0 radical (unpaired) electrons. The van der Waals surface area contributed by atoms with Gasteiger partial charge in [-0.25, -0.2) is 18.7 Å². The molecule has 4 heterocycles. The van der Waals surface area contributed by atoms with E-state index < -0.39 is 43.4 Å². The quantitative estimate of drug-likeness (QED) is 0.130. The summed E-state index contributed by atoms with van der Waals surface area (Å²) in [6, 6.07) is 24.5. The van der Waals surface area contributed by atoms with Crippen molar-refractivity contribution in [1.29, 1.82) is 0 Å². The summed E-state index contributed by atoms with van der Waals surface area (Å²) in [5, 5.41) is 5.31. The maximum absolute atomic E-state index is 15.2. The van der Waals surface area contributed by atoms with Crippen LogP contribution in [0.15, 0.2) is 105 Å². The summed E-state index contributed by atoms with van der Waals surface area (Å²) < 4.78 is 43.5. The monoisotopic (exact) mass is 836 g/mol. The normalized spacial score (nSPS) is 19.2. The number of hydrogen-bond donors (Lipinski definition) is 1. The third-order valence-electron chi connectivity index (χ3n) is 11.8. The van der Waals surface area contributed by atoms with Crippen LogP contribution < -0.4 is 31.7 Å². The first-order valence-electron chi connectivity index (χ1n) is 20.1. The van der Waals surface area contributed by atoms with E-state index in [1.54, 1.807) is 13.0 Å². The largest absolute Gasteiger partial charge is 0.496 e. The minimum Gasteiger partial charge on any atom is -0.496 e. The highest BCUT2D eigenvalue weighted by molar-refractivity contribution is 7.22. The summed E-state index contributed by atoms with van der Waals surface area (Å²) >= 11 is 1.21. The molecule has 1 aliphatic heterocycles. The second-order valence-electron chi connectivity index (χ2n) is 16.4. The van der Waals surface area contributed by atoms with Crippen LogP contribution in [0.4, 0.5) is 4.39 Å². The standard InChI is InChI=1S/C45H49FN4O7SSi/c1-28-38-42(52)50(35-22-23-47-40(35)51)44(53)49(43(38)58-39(28)41-48-24-25-55-41)27-37(34-26-29(46)16-21-36(34)54-5)56-30-17-19-31(20-18-30)57-59(45(2,3)4,32-12-8-6-9-13-32)33-14-10-7-11-15-33/h6-16,21,24-26,30-31,35,37H,17-20,22-23,27H2,1-5H3,(H,47,51)/t30-,31+,35-,37-/m0/s1. The molecule has 8 rings (SSSR count). The summed E-state index contributed by atoms with van der Waals surface area (Å²) in [4.78, 5) is 47.2. The molecule has 308 valence electrons. The third kappa shape index (κ3) is 7.51. The lowest BCUT2D eigenvalue weighted by Crippen LogP contribution is -2.67. The first kappa shape index (κ1) is 40.6. The molecule has 2 atom stereocenters. The highest BCUT2D eigenvalue weighted by atomic mass is 32.1. The van der Waals surface area contributed by atoms with Crippen LogP contribution in [0, 0.1) is 12.7 Å². The highest BCUT2D eigenvalue weighted by Gasteiger charge is 2.51. The number of rotatable bonds is 12. The number of fused-ring (bicyclic) bond motifs is 1. The predicted molar refractivity (Wildman–Crippen MR) is 229 cm³/mol. The van der Waals surface area contributed by atoms with Crippen molar-refractivity contribution in [3.05, 3.63) is 129 Å². The van der Waals surface area contributed by atoms with Crippen molar-refractivity contribution >= 4 is 46.2 Å². The summed E-state index contributed by atoms with van der Waals surface area (Å²) in [5.41, 5.74) is -0.208. The Balaban J connectivity index is 1.16. The van der Waals surface area contributed by atoms with Gasteiger partial charge < -0.3 is 23.6 Å². The Kier molecular flexibility index (Phi) is 11.3. The Morgan fingerprint density at radius 2 is 1.61 bits per heavy atom. The number of methoxy groups -OCH3 is 1. The van der Waals surface area contributed by atoms with Crippen molar-refractivity contribution < 1.29 is 27.5 Å². The number of hydrogen-bond acceptors (Lipinski definition) is 9. The fraction of sp³-hybridized carbons (Fsp3) is 0.378. The summed E-state index contributed by atoms with van der Waals surface area (Å²) in [7, 11) is -1.29. The minimum atomic E-state index is -2.80. The van der Waals surface area contributed by atoms with Crippen LogP contribution in [-0.2, 0) is 20.5 Å². The number of carbonyl (C=O) groups is 1. The number of benzene rings is 3. The van der Waals surface area contributed by atoms with E-state index >= 15 is 4.39 Å². The molecule has 3 aromatic heterocycles. The second-order valence-corrected chi connectivity index (χ2v) is 21.7. The molecule has 1 saturated carbocycles. The van der Waals surface area contributed by atoms with Gasteiger partial charge in [-0.15, -0.1) is 11.3 Å². The molecule has 1 aliphatic carbocycles. The van der Waals surface area contributed by atoms with Gasteiger partial charge in [0.1, 0.15) is 34.8 Å². The summed E-state index contributed by atoms with van der Waals surface area (Å²) in [6.45, 7) is 8.85. The predicted octanol–water partition coefficient (Wildman–Crippen LogP) is 7.04. The lowest BCUT2D eigenvalue weighted by atomic mass is 9.94. The smallest absolute Gasteiger partial charge is 0.332 e. The molecule has 0 spiro atoms. The molecule has 1 N–H and O–H groups in total. The molecule has 1 saturated heterocycles. The van der Waals surface area contributed by atoms with Crippen LogP contribution >= 0.6 is 11.3 Å². The van der Waals surface area contributed by atoms with E-state index in [4.69, 9.17) is 18.3 Å². The number of aromatic nitrogens is 3. The number of aryl methyl sites for hydroxylation is 1. The number of amides is 1. The maximum atomic E-state index is 15.2. The van der Waals surface area contributed by atoms with E-state index in [0.717, 1.165) is 17.4 Å². The molecule has 6 aromatic rings. The molecular weight excluding hydrogens is 788 g/mol. The third-order valence-corrected chi connectivity index (χ3v) is 18.2. The Morgan fingerprint density at radius 3 is 2.19 bits per heavy atom. The highest BCUT2D eigenvalue weighted by Crippen LogP contribution is 2.41. The Labute approximate surface area is 346 Å². The summed E-state index contributed by atoms with van der Waals surface area (Å²) in [5.74, 6) is -0.174. The SMILES string of the molecule is COc1ccc(F)cc1[C@H](Cn1c(=O)n([C@H]2CCNC2=O)c(=O)c2c(C)c(-c3ncco3)sc21)O[C@H]1CC[C@@H](O[Si](c2ccccc2)(c2ccccc2)C(C)(C)C)CC1. The fourth-order valence-electron chi connectivity index (χ4n) is 8.96. The molecule has 11 nitrogen and oxygen atoms in total. The zero-order valence-corrected chi connectivity index (χ0v) is 35.7. The van der Waals surface area contributed by atoms with Gasteiger partial charge in [-0.3, -0.25) is 14.2 Å². The van der Waals surface area contributed by atoms with Gasteiger partial charge in [0.05, 0.1) is 36.2 Å². The topological polar surface area (TPSA) is 127 Å². The second kappa shape index (κ2) is 16.5. The number of halogens is 1. The van der Waals surface area contributed by atoms with Gasteiger partial charge in [-0.1, -0.05) is 81.4 Å². The number of carbonyl (C=O) groups excluding carboxylic acids is 1. The number of nitrogens with one attached hydrogen (secondary N) is 1. The lowest BCUT2D eigenvalue weighted by molar-refractivity contribution is -0.122. The van der Waals surface area contributed by atoms with Crippen molar-refractivity contribution in [1.82, 2.24) is 19.4 Å². The Bertz CT molecular complexity index is 2520. The van der Waals surface area contributed by atoms with Crippen molar-refractivity contribution in [2.75, 3.05) is 13.7 Å². The van der Waals surface area contributed by atoms with Gasteiger partial charge in [0.25, 0.3) is 13.9 Å². The van der Waals surface area contributed by atoms with E-state index in [1.165, 1.54) is 58.0 Å². The number of oxazole rings is 1. The van der Waals surface area contributed by atoms with Gasteiger partial charge in [-0.2, -0.15) is 0 Å². The van der Waals surface area contributed by atoms with Gasteiger partial charge in [0.2, 0.25) is 11.8 Å². The molecule has 59 heavy (non-hydrogen) atoms. The molecular formula is C45H49FN4O7SSi. The molecule has 1 amide bonds. The summed E-state index contributed by atoms with van der Waals surface area (Å²) in [6.07, 6.45) is 4.86. The van der Waals surface area contributed by atoms with E-state index in [1.807, 2.05) is 12.1 Å². The van der Waals surface area contributed by atoms with Crippen LogP contribution in [0.25, 0.3) is 21.0 Å². The van der Waals surface area contributed by atoms with E-state index in [0.29, 0.717) is 51.9 Å². The average Bonchev–Trinajstić information content (AvgIpc) is 4.00. The van der Waals surface area contributed by atoms with Gasteiger partial charge in [0.15, 0.2) is 0 Å². The van der Waals surface area contributed by atoms with Crippen LogP contribution in [0.5, 0.6) is 5.75 Å². The van der Waals surface area contributed by atoms with Gasteiger partial charge >= 0.3 is 5.69 Å². The Hall–Kier alpha value is -5.15. The number of thiophene rings is 1. The minimum absolute atomic E-state index is 0.0330. The van der Waals surface area contributed by atoms with E-state index in [2.05, 4.69) is 79.6 Å². The number of nitrogens with zero attached hydrogens (tertiary/aromatic N) is 3. The van der Waals surface area contributed by atoms with Crippen LogP contribution in [0.1, 0.15) is 76.1 Å².